The van der Waals surface area contributed by atoms with E-state index >= 15 is 0 Å². The molecule has 0 bridgehead atoms. The Morgan fingerprint density at radius 3 is 2.10 bits per heavy atom. The van der Waals surface area contributed by atoms with E-state index in [1.54, 1.807) is 0 Å². The third-order valence-electron chi connectivity index (χ3n) is 3.25. The molecule has 21 heavy (non-hydrogen) atoms. The molecule has 0 saturated heterocycles. The Hall–Kier alpha value is -1.87. The van der Waals surface area contributed by atoms with E-state index in [4.69, 9.17) is 12.2 Å². The molecule has 0 saturated carbocycles. The normalized spacial score (nSPS) is 12.0. The fourth-order valence-corrected chi connectivity index (χ4v) is 2.54. The van der Waals surface area contributed by atoms with Crippen molar-refractivity contribution in [1.29, 1.82) is 0 Å². The van der Waals surface area contributed by atoms with Gasteiger partial charge in [-0.1, -0.05) is 62.4 Å². The molecule has 3 heteroatoms. The highest BCUT2D eigenvalue weighted by atomic mass is 32.1. The van der Waals surface area contributed by atoms with Gasteiger partial charge in [-0.05, 0) is 42.3 Å². The largest absolute Gasteiger partial charge is 0.356 e. The van der Waals surface area contributed by atoms with E-state index in [0.29, 0.717) is 11.0 Å². The lowest BCUT2D eigenvalue weighted by Crippen LogP contribution is -2.33. The number of hydrogen-bond acceptors (Lipinski definition) is 1. The van der Waals surface area contributed by atoms with Gasteiger partial charge >= 0.3 is 0 Å². The van der Waals surface area contributed by atoms with Gasteiger partial charge in [0, 0.05) is 5.69 Å². The van der Waals surface area contributed by atoms with Gasteiger partial charge in [-0.2, -0.15) is 0 Å². The van der Waals surface area contributed by atoms with Crippen molar-refractivity contribution in [3.8, 4) is 0 Å². The monoisotopic (exact) mass is 298 g/mol. The number of benzene rings is 2. The summed E-state index contributed by atoms with van der Waals surface area (Å²) in [5.41, 5.74) is 2.27. The number of thiocarbonyl (C=S) groups is 1. The van der Waals surface area contributed by atoms with Crippen molar-refractivity contribution < 1.29 is 0 Å². The Bertz CT molecular complexity index is 552. The van der Waals surface area contributed by atoms with Crippen molar-refractivity contribution in [2.45, 2.75) is 26.3 Å². The van der Waals surface area contributed by atoms with Crippen LogP contribution in [0.2, 0.25) is 0 Å². The van der Waals surface area contributed by atoms with E-state index in [-0.39, 0.29) is 6.04 Å². The first kappa shape index (κ1) is 15.5. The molecule has 0 aliphatic heterocycles. The maximum absolute atomic E-state index is 5.44. The summed E-state index contributed by atoms with van der Waals surface area (Å²) >= 11 is 5.44. The van der Waals surface area contributed by atoms with Crippen LogP contribution in [0.25, 0.3) is 0 Å². The van der Waals surface area contributed by atoms with Gasteiger partial charge in [0.1, 0.15) is 0 Å². The van der Waals surface area contributed by atoms with E-state index in [1.165, 1.54) is 5.56 Å². The highest BCUT2D eigenvalue weighted by molar-refractivity contribution is 7.80. The van der Waals surface area contributed by atoms with Crippen LogP contribution in [0.5, 0.6) is 0 Å². The topological polar surface area (TPSA) is 24.1 Å². The summed E-state index contributed by atoms with van der Waals surface area (Å²) in [4.78, 5) is 0. The second-order valence-electron chi connectivity index (χ2n) is 5.56. The first-order valence-corrected chi connectivity index (χ1v) is 7.73. The summed E-state index contributed by atoms with van der Waals surface area (Å²) < 4.78 is 0. The first-order chi connectivity index (χ1) is 10.1. The van der Waals surface area contributed by atoms with Crippen LogP contribution < -0.4 is 10.6 Å². The maximum atomic E-state index is 5.44. The average Bonchev–Trinajstić information content (AvgIpc) is 2.48. The van der Waals surface area contributed by atoms with E-state index in [9.17, 15) is 0 Å². The van der Waals surface area contributed by atoms with Gasteiger partial charge in [-0.25, -0.2) is 0 Å². The number of nitrogens with one attached hydrogen (secondary N) is 2. The third-order valence-corrected chi connectivity index (χ3v) is 3.47. The molecule has 0 spiro atoms. The fourth-order valence-electron chi connectivity index (χ4n) is 2.28. The van der Waals surface area contributed by atoms with Crippen LogP contribution in [-0.2, 0) is 0 Å². The predicted octanol–water partition coefficient (Wildman–Crippen LogP) is 4.76. The lowest BCUT2D eigenvalue weighted by Gasteiger charge is -2.23. The molecular weight excluding hydrogens is 276 g/mol. The van der Waals surface area contributed by atoms with Gasteiger partial charge in [-0.3, -0.25) is 0 Å². The van der Waals surface area contributed by atoms with Crippen LogP contribution in [0.15, 0.2) is 60.7 Å². The standard InChI is InChI=1S/C18H22N2S/c1-14(2)13-17(15-9-5-3-6-10-15)20-18(21)19-16-11-7-4-8-12-16/h3-12,14,17H,13H2,1-2H3,(H2,19,20,21)/t17-/m0/s1. The van der Waals surface area contributed by atoms with Crippen molar-refractivity contribution >= 4 is 23.0 Å². The first-order valence-electron chi connectivity index (χ1n) is 7.32. The molecule has 0 radical (unpaired) electrons. The summed E-state index contributed by atoms with van der Waals surface area (Å²) in [6.45, 7) is 4.45. The smallest absolute Gasteiger partial charge is 0.171 e. The minimum absolute atomic E-state index is 0.231. The minimum atomic E-state index is 0.231. The Labute approximate surface area is 132 Å². The van der Waals surface area contributed by atoms with Gasteiger partial charge in [0.2, 0.25) is 0 Å². The third kappa shape index (κ3) is 5.20. The van der Waals surface area contributed by atoms with Crippen molar-refractivity contribution in [3.05, 3.63) is 66.2 Å². The maximum Gasteiger partial charge on any atom is 0.171 e. The van der Waals surface area contributed by atoms with E-state index in [0.717, 1.165) is 12.1 Å². The second-order valence-corrected chi connectivity index (χ2v) is 5.97. The zero-order valence-corrected chi connectivity index (χ0v) is 13.4. The predicted molar refractivity (Wildman–Crippen MR) is 94.4 cm³/mol. The van der Waals surface area contributed by atoms with Gasteiger partial charge in [-0.15, -0.1) is 0 Å². The van der Waals surface area contributed by atoms with Gasteiger partial charge in [0.05, 0.1) is 6.04 Å². The van der Waals surface area contributed by atoms with Crippen molar-refractivity contribution in [3.63, 3.8) is 0 Å². The van der Waals surface area contributed by atoms with E-state index in [2.05, 4.69) is 48.7 Å². The van der Waals surface area contributed by atoms with Gasteiger partial charge in [0.15, 0.2) is 5.11 Å². The van der Waals surface area contributed by atoms with Crippen LogP contribution >= 0.6 is 12.2 Å². The van der Waals surface area contributed by atoms with Crippen LogP contribution in [0.1, 0.15) is 31.9 Å². The average molecular weight is 298 g/mol. The Balaban J connectivity index is 2.03. The van der Waals surface area contributed by atoms with Crippen LogP contribution in [0, 0.1) is 5.92 Å². The molecule has 2 rings (SSSR count). The molecule has 0 amide bonds. The number of para-hydroxylation sites is 1. The molecule has 110 valence electrons. The Morgan fingerprint density at radius 2 is 1.52 bits per heavy atom. The Kier molecular flexibility index (Phi) is 5.76. The van der Waals surface area contributed by atoms with E-state index in [1.807, 2.05) is 36.4 Å². The molecule has 0 heterocycles. The SMILES string of the molecule is CC(C)C[C@H](NC(=S)Nc1ccccc1)c1ccccc1. The quantitative estimate of drug-likeness (QED) is 0.778. The van der Waals surface area contributed by atoms with Crippen LogP contribution in [0.4, 0.5) is 5.69 Å². The molecule has 0 aromatic heterocycles. The molecule has 2 N–H and O–H groups in total. The van der Waals surface area contributed by atoms with Crippen molar-refractivity contribution in [2.75, 3.05) is 5.32 Å². The molecule has 2 nitrogen and oxygen atoms in total. The fraction of sp³-hybridized carbons (Fsp3) is 0.278. The highest BCUT2D eigenvalue weighted by Gasteiger charge is 2.14. The number of rotatable bonds is 5. The molecule has 0 aliphatic carbocycles. The summed E-state index contributed by atoms with van der Waals surface area (Å²) in [6.07, 6.45) is 1.04. The lowest BCUT2D eigenvalue weighted by molar-refractivity contribution is 0.481. The van der Waals surface area contributed by atoms with E-state index < -0.39 is 0 Å². The van der Waals surface area contributed by atoms with Crippen LogP contribution in [0.3, 0.4) is 0 Å². The van der Waals surface area contributed by atoms with Crippen molar-refractivity contribution in [2.24, 2.45) is 5.92 Å². The summed E-state index contributed by atoms with van der Waals surface area (Å²) in [7, 11) is 0. The van der Waals surface area contributed by atoms with Crippen molar-refractivity contribution in [1.82, 2.24) is 5.32 Å². The second kappa shape index (κ2) is 7.79. The number of anilines is 1. The number of hydrogen-bond donors (Lipinski definition) is 2. The molecule has 0 unspecified atom stereocenters. The van der Waals surface area contributed by atoms with Gasteiger partial charge in [0.25, 0.3) is 0 Å². The molecule has 0 aliphatic rings. The molecule has 1 atom stereocenters. The summed E-state index contributed by atoms with van der Waals surface area (Å²) in [5.74, 6) is 0.599. The molecular formula is C18H22N2S. The molecule has 2 aromatic rings. The summed E-state index contributed by atoms with van der Waals surface area (Å²) in [5, 5.41) is 7.33. The minimum Gasteiger partial charge on any atom is -0.356 e. The molecule has 0 fully saturated rings. The zero-order chi connectivity index (χ0) is 15.1. The lowest BCUT2D eigenvalue weighted by atomic mass is 9.97. The zero-order valence-electron chi connectivity index (χ0n) is 12.5. The highest BCUT2D eigenvalue weighted by Crippen LogP contribution is 2.21. The Morgan fingerprint density at radius 1 is 0.952 bits per heavy atom. The van der Waals surface area contributed by atoms with Crippen LogP contribution in [-0.4, -0.2) is 5.11 Å². The molecule has 2 aromatic carbocycles. The summed E-state index contributed by atoms with van der Waals surface area (Å²) in [6, 6.07) is 20.7. The van der Waals surface area contributed by atoms with Gasteiger partial charge < -0.3 is 10.6 Å².